The molecule has 0 rings (SSSR count). The normalized spacial score (nSPS) is 13.1. The predicted octanol–water partition coefficient (Wildman–Crippen LogP) is -0.992. The van der Waals surface area contributed by atoms with Crippen LogP contribution < -0.4 is 11.1 Å². The molecule has 54 valence electrons. The summed E-state index contributed by atoms with van der Waals surface area (Å²) >= 11 is 0. The molecule has 0 bridgehead atoms. The van der Waals surface area contributed by atoms with E-state index in [2.05, 4.69) is 5.32 Å². The number of hydrogen-bond donors (Lipinski definition) is 3. The molecule has 0 aliphatic carbocycles. The number of carboxylic acid groups (broad SMARTS) is 1. The molecule has 4 N–H and O–H groups in total. The summed E-state index contributed by atoms with van der Waals surface area (Å²) in [5.74, 6) is -0.940. The zero-order valence-corrected chi connectivity index (χ0v) is 5.42. The van der Waals surface area contributed by atoms with Crippen molar-refractivity contribution in [3.05, 3.63) is 0 Å². The first-order valence-corrected chi connectivity index (χ1v) is 2.81. The summed E-state index contributed by atoms with van der Waals surface area (Å²) in [6.45, 7) is 0.646. The minimum atomic E-state index is -0.940. The molecule has 0 aromatic heterocycles. The second kappa shape index (κ2) is 4.29. The van der Waals surface area contributed by atoms with Gasteiger partial charge >= 0.3 is 5.97 Å². The van der Waals surface area contributed by atoms with Crippen LogP contribution in [0.4, 0.5) is 0 Å². The van der Waals surface area contributed by atoms with E-state index in [1.165, 1.54) is 0 Å². The third kappa shape index (κ3) is 3.93. The van der Waals surface area contributed by atoms with E-state index < -0.39 is 12.0 Å². The first-order valence-electron chi connectivity index (χ1n) is 2.81. The Morgan fingerprint density at radius 2 is 2.44 bits per heavy atom. The Labute approximate surface area is 54.0 Å². The highest BCUT2D eigenvalue weighted by Crippen LogP contribution is 1.83. The summed E-state index contributed by atoms with van der Waals surface area (Å²) in [7, 11) is 1.76. The van der Waals surface area contributed by atoms with Gasteiger partial charge in [0.2, 0.25) is 0 Å². The van der Waals surface area contributed by atoms with Crippen LogP contribution in [0.1, 0.15) is 6.42 Å². The molecule has 0 saturated carbocycles. The zero-order valence-electron chi connectivity index (χ0n) is 5.42. The quantitative estimate of drug-likeness (QED) is 0.459. The van der Waals surface area contributed by atoms with Crippen LogP contribution in [0.3, 0.4) is 0 Å². The molecular weight excluding hydrogens is 120 g/mol. The van der Waals surface area contributed by atoms with Crippen molar-refractivity contribution in [2.24, 2.45) is 5.73 Å². The molecular formula is C5H12N2O2. The van der Waals surface area contributed by atoms with Crippen molar-refractivity contribution in [1.82, 2.24) is 5.32 Å². The van der Waals surface area contributed by atoms with Crippen LogP contribution in [0, 0.1) is 0 Å². The molecule has 4 heteroatoms. The van der Waals surface area contributed by atoms with E-state index in [0.29, 0.717) is 13.0 Å². The van der Waals surface area contributed by atoms with Gasteiger partial charge in [-0.2, -0.15) is 0 Å². The first kappa shape index (κ1) is 8.39. The van der Waals surface area contributed by atoms with Crippen LogP contribution in [-0.4, -0.2) is 30.7 Å². The van der Waals surface area contributed by atoms with Crippen molar-refractivity contribution in [3.63, 3.8) is 0 Å². The molecule has 0 aliphatic rings. The van der Waals surface area contributed by atoms with Crippen molar-refractivity contribution < 1.29 is 9.90 Å². The Bertz CT molecular complexity index is 95.0. The van der Waals surface area contributed by atoms with Crippen LogP contribution in [0.15, 0.2) is 0 Å². The number of nitrogens with two attached hydrogens (primary N) is 1. The Morgan fingerprint density at radius 1 is 1.89 bits per heavy atom. The smallest absolute Gasteiger partial charge is 0.320 e. The van der Waals surface area contributed by atoms with Gasteiger partial charge in [0.15, 0.2) is 0 Å². The van der Waals surface area contributed by atoms with Gasteiger partial charge in [0.05, 0.1) is 0 Å². The summed E-state index contributed by atoms with van der Waals surface area (Å²) in [5.41, 5.74) is 5.16. The highest BCUT2D eigenvalue weighted by atomic mass is 16.4. The van der Waals surface area contributed by atoms with Crippen LogP contribution in [0.5, 0.6) is 0 Å². The SMILES string of the molecule is CNCC[C@H](N)C(=O)O. The van der Waals surface area contributed by atoms with Gasteiger partial charge in [-0.15, -0.1) is 0 Å². The van der Waals surface area contributed by atoms with E-state index in [1.54, 1.807) is 7.05 Å². The van der Waals surface area contributed by atoms with Gasteiger partial charge in [-0.05, 0) is 20.0 Å². The molecule has 0 aliphatic heterocycles. The molecule has 0 saturated heterocycles. The van der Waals surface area contributed by atoms with Gasteiger partial charge in [-0.1, -0.05) is 0 Å². The van der Waals surface area contributed by atoms with E-state index >= 15 is 0 Å². The fraction of sp³-hybridized carbons (Fsp3) is 0.800. The van der Waals surface area contributed by atoms with Gasteiger partial charge in [-0.25, -0.2) is 0 Å². The molecule has 0 aromatic rings. The standard InChI is InChI=1S/C5H12N2O2/c1-7-3-2-4(6)5(8)9/h4,7H,2-3,6H2,1H3,(H,8,9)/t4-/m0/s1. The molecule has 0 heterocycles. The summed E-state index contributed by atoms with van der Waals surface area (Å²) in [6, 6.07) is -0.725. The molecule has 0 aromatic carbocycles. The van der Waals surface area contributed by atoms with Crippen LogP contribution >= 0.6 is 0 Å². The average molecular weight is 132 g/mol. The molecule has 9 heavy (non-hydrogen) atoms. The predicted molar refractivity (Wildman–Crippen MR) is 34.2 cm³/mol. The van der Waals surface area contributed by atoms with Crippen LogP contribution in [0.25, 0.3) is 0 Å². The Kier molecular flexibility index (Phi) is 4.00. The average Bonchev–Trinajstić information content (AvgIpc) is 1.82. The molecule has 4 nitrogen and oxygen atoms in total. The van der Waals surface area contributed by atoms with Crippen molar-refractivity contribution in [2.45, 2.75) is 12.5 Å². The van der Waals surface area contributed by atoms with Crippen molar-refractivity contribution in [1.29, 1.82) is 0 Å². The maximum atomic E-state index is 10.1. The highest BCUT2D eigenvalue weighted by Gasteiger charge is 2.08. The van der Waals surface area contributed by atoms with Gasteiger partial charge in [0, 0.05) is 0 Å². The van der Waals surface area contributed by atoms with E-state index in [0.717, 1.165) is 0 Å². The lowest BCUT2D eigenvalue weighted by atomic mass is 10.2. The summed E-state index contributed by atoms with van der Waals surface area (Å²) < 4.78 is 0. The topological polar surface area (TPSA) is 75.3 Å². The van der Waals surface area contributed by atoms with E-state index in [1.807, 2.05) is 0 Å². The third-order valence-electron chi connectivity index (χ3n) is 1.02. The summed E-state index contributed by atoms with van der Waals surface area (Å²) in [4.78, 5) is 10.1. The molecule has 1 atom stereocenters. The van der Waals surface area contributed by atoms with Gasteiger partial charge in [0.25, 0.3) is 0 Å². The van der Waals surface area contributed by atoms with Crippen molar-refractivity contribution in [2.75, 3.05) is 13.6 Å². The molecule has 0 spiro atoms. The third-order valence-corrected chi connectivity index (χ3v) is 1.02. The fourth-order valence-electron chi connectivity index (χ4n) is 0.423. The highest BCUT2D eigenvalue weighted by molar-refractivity contribution is 5.72. The lowest BCUT2D eigenvalue weighted by Crippen LogP contribution is -2.32. The number of nitrogens with one attached hydrogen (secondary N) is 1. The maximum absolute atomic E-state index is 10.1. The largest absolute Gasteiger partial charge is 0.480 e. The lowest BCUT2D eigenvalue weighted by molar-refractivity contribution is -0.138. The van der Waals surface area contributed by atoms with Crippen LogP contribution in [0.2, 0.25) is 0 Å². The minimum absolute atomic E-state index is 0.478. The van der Waals surface area contributed by atoms with Gasteiger partial charge in [-0.3, -0.25) is 4.79 Å². The first-order chi connectivity index (χ1) is 4.18. The summed E-state index contributed by atoms with van der Waals surface area (Å²) in [5, 5.41) is 11.1. The number of hydrogen-bond acceptors (Lipinski definition) is 3. The monoisotopic (exact) mass is 132 g/mol. The fourth-order valence-corrected chi connectivity index (χ4v) is 0.423. The second-order valence-electron chi connectivity index (χ2n) is 1.84. The van der Waals surface area contributed by atoms with Gasteiger partial charge < -0.3 is 16.2 Å². The Balaban J connectivity index is 3.27. The summed E-state index contributed by atoms with van der Waals surface area (Å²) in [6.07, 6.45) is 0.478. The number of aliphatic carboxylic acids is 1. The van der Waals surface area contributed by atoms with E-state index in [4.69, 9.17) is 10.8 Å². The van der Waals surface area contributed by atoms with E-state index in [9.17, 15) is 4.79 Å². The molecule has 0 fully saturated rings. The molecule has 0 radical (unpaired) electrons. The van der Waals surface area contributed by atoms with Gasteiger partial charge in [0.1, 0.15) is 6.04 Å². The Hall–Kier alpha value is -0.610. The molecule has 0 amide bonds. The zero-order chi connectivity index (χ0) is 7.28. The molecule has 0 unspecified atom stereocenters. The minimum Gasteiger partial charge on any atom is -0.480 e. The number of rotatable bonds is 4. The number of carbonyl (C=O) groups is 1. The number of carboxylic acids is 1. The second-order valence-corrected chi connectivity index (χ2v) is 1.84. The van der Waals surface area contributed by atoms with Crippen molar-refractivity contribution in [3.8, 4) is 0 Å². The Morgan fingerprint density at radius 3 is 2.78 bits per heavy atom. The maximum Gasteiger partial charge on any atom is 0.320 e. The van der Waals surface area contributed by atoms with Crippen molar-refractivity contribution >= 4 is 5.97 Å². The van der Waals surface area contributed by atoms with Crippen LogP contribution in [-0.2, 0) is 4.79 Å². The lowest BCUT2D eigenvalue weighted by Gasteiger charge is -2.03. The van der Waals surface area contributed by atoms with E-state index in [-0.39, 0.29) is 0 Å².